The topological polar surface area (TPSA) is 88.5 Å². The highest BCUT2D eigenvalue weighted by atomic mass is 16.2. The monoisotopic (exact) mass is 369 g/mol. The molecule has 27 heavy (non-hydrogen) atoms. The van der Waals surface area contributed by atoms with Gasteiger partial charge in [0.25, 0.3) is 5.91 Å². The van der Waals surface area contributed by atoms with Crippen molar-refractivity contribution in [1.29, 1.82) is 5.41 Å². The number of carbonyl (C=O) groups excluding carboxylic acids is 2. The number of hydrogen-bond acceptors (Lipinski definition) is 5. The van der Waals surface area contributed by atoms with Crippen molar-refractivity contribution in [3.63, 3.8) is 0 Å². The van der Waals surface area contributed by atoms with Gasteiger partial charge in [-0.1, -0.05) is 0 Å². The Morgan fingerprint density at radius 3 is 2.81 bits per heavy atom. The first-order chi connectivity index (χ1) is 13.0. The van der Waals surface area contributed by atoms with Gasteiger partial charge in [-0.15, -0.1) is 0 Å². The third kappa shape index (κ3) is 3.10. The number of amides is 2. The standard InChI is InChI=1S/C20H27N5O2/c1-22-15-4-3-5-16(15)24(2)13-6-7-14-12(10-13)11-25(20(14)27)17-8-9-18(26)23-19(17)21/h6-7,10,15-17,22H,3-5,8-9,11H2,1-2H3,(H2,21,23,26)/t15?,16-,17?/m1/s1. The van der Waals surface area contributed by atoms with Gasteiger partial charge in [0.05, 0.1) is 6.04 Å². The number of rotatable bonds is 4. The first-order valence-corrected chi connectivity index (χ1v) is 9.72. The molecule has 2 fully saturated rings. The van der Waals surface area contributed by atoms with E-state index in [0.717, 1.165) is 11.3 Å². The Labute approximate surface area is 159 Å². The molecule has 1 saturated carbocycles. The van der Waals surface area contributed by atoms with Crippen molar-refractivity contribution >= 4 is 23.3 Å². The molecule has 2 unspecified atom stereocenters. The van der Waals surface area contributed by atoms with Crippen LogP contribution in [0.4, 0.5) is 5.69 Å². The van der Waals surface area contributed by atoms with Gasteiger partial charge in [-0.25, -0.2) is 0 Å². The van der Waals surface area contributed by atoms with Crippen LogP contribution in [-0.2, 0) is 11.3 Å². The van der Waals surface area contributed by atoms with Crippen LogP contribution in [0.5, 0.6) is 0 Å². The van der Waals surface area contributed by atoms with Gasteiger partial charge in [0, 0.05) is 43.3 Å². The number of benzene rings is 1. The maximum absolute atomic E-state index is 12.9. The van der Waals surface area contributed by atoms with Gasteiger partial charge >= 0.3 is 0 Å². The summed E-state index contributed by atoms with van der Waals surface area (Å²) in [5, 5.41) is 14.1. The zero-order valence-corrected chi connectivity index (χ0v) is 15.9. The van der Waals surface area contributed by atoms with Gasteiger partial charge in [-0.05, 0) is 56.5 Å². The minimum atomic E-state index is -0.340. The molecule has 1 aromatic rings. The fraction of sp³-hybridized carbons (Fsp3) is 0.550. The molecule has 0 bridgehead atoms. The Morgan fingerprint density at radius 1 is 1.26 bits per heavy atom. The predicted octanol–water partition coefficient (Wildman–Crippen LogP) is 1.47. The molecule has 1 saturated heterocycles. The number of hydrogen-bond donors (Lipinski definition) is 3. The van der Waals surface area contributed by atoms with Crippen LogP contribution >= 0.6 is 0 Å². The smallest absolute Gasteiger partial charge is 0.255 e. The quantitative estimate of drug-likeness (QED) is 0.750. The zero-order valence-electron chi connectivity index (χ0n) is 15.9. The number of carbonyl (C=O) groups is 2. The lowest BCUT2D eigenvalue weighted by atomic mass is 10.0. The average Bonchev–Trinajstić information content (AvgIpc) is 3.25. The average molecular weight is 369 g/mol. The van der Waals surface area contributed by atoms with Crippen molar-refractivity contribution in [1.82, 2.24) is 15.5 Å². The second kappa shape index (κ2) is 6.96. The van der Waals surface area contributed by atoms with Crippen molar-refractivity contribution in [3.05, 3.63) is 29.3 Å². The number of nitrogens with zero attached hydrogens (tertiary/aromatic N) is 2. The van der Waals surface area contributed by atoms with Gasteiger partial charge < -0.3 is 20.4 Å². The van der Waals surface area contributed by atoms with Crippen molar-refractivity contribution in [2.75, 3.05) is 19.0 Å². The molecule has 0 radical (unpaired) electrons. The van der Waals surface area contributed by atoms with Crippen LogP contribution in [0.1, 0.15) is 48.0 Å². The van der Waals surface area contributed by atoms with E-state index < -0.39 is 0 Å². The van der Waals surface area contributed by atoms with E-state index >= 15 is 0 Å². The molecule has 2 amide bonds. The number of amidine groups is 1. The number of piperidine rings is 1. The fourth-order valence-corrected chi connectivity index (χ4v) is 4.75. The van der Waals surface area contributed by atoms with Gasteiger partial charge in [0.2, 0.25) is 5.91 Å². The summed E-state index contributed by atoms with van der Waals surface area (Å²) in [7, 11) is 4.15. The maximum Gasteiger partial charge on any atom is 0.255 e. The van der Waals surface area contributed by atoms with E-state index in [-0.39, 0.29) is 23.7 Å². The van der Waals surface area contributed by atoms with Crippen LogP contribution in [0.2, 0.25) is 0 Å². The molecule has 3 N–H and O–H groups in total. The SMILES string of the molecule is CNC1CCC[C@H]1N(C)c1ccc2c(c1)CN(C1CCC(=O)NC1=N)C2=O. The second-order valence-corrected chi connectivity index (χ2v) is 7.80. The summed E-state index contributed by atoms with van der Waals surface area (Å²) in [6.45, 7) is 0.499. The van der Waals surface area contributed by atoms with Gasteiger partial charge in [-0.2, -0.15) is 0 Å². The normalized spacial score (nSPS) is 27.7. The van der Waals surface area contributed by atoms with E-state index in [9.17, 15) is 9.59 Å². The Hall–Kier alpha value is -2.41. The molecule has 7 nitrogen and oxygen atoms in total. The molecule has 2 heterocycles. The molecule has 3 aliphatic rings. The third-order valence-corrected chi connectivity index (χ3v) is 6.30. The van der Waals surface area contributed by atoms with E-state index in [0.29, 0.717) is 37.0 Å². The fourth-order valence-electron chi connectivity index (χ4n) is 4.75. The number of nitrogens with one attached hydrogen (secondary N) is 3. The molecule has 2 aliphatic heterocycles. The highest BCUT2D eigenvalue weighted by Gasteiger charge is 2.38. The van der Waals surface area contributed by atoms with Crippen molar-refractivity contribution in [2.45, 2.75) is 56.8 Å². The van der Waals surface area contributed by atoms with Crippen LogP contribution in [0, 0.1) is 5.41 Å². The zero-order chi connectivity index (χ0) is 19.1. The van der Waals surface area contributed by atoms with Crippen molar-refractivity contribution in [3.8, 4) is 0 Å². The molecule has 4 rings (SSSR count). The molecule has 1 aliphatic carbocycles. The van der Waals surface area contributed by atoms with Crippen molar-refractivity contribution in [2.24, 2.45) is 0 Å². The van der Waals surface area contributed by atoms with E-state index in [2.05, 4.69) is 28.6 Å². The Bertz CT molecular complexity index is 793. The highest BCUT2D eigenvalue weighted by molar-refractivity contribution is 6.06. The number of fused-ring (bicyclic) bond motifs is 1. The van der Waals surface area contributed by atoms with Crippen LogP contribution in [0.15, 0.2) is 18.2 Å². The number of anilines is 1. The lowest BCUT2D eigenvalue weighted by Gasteiger charge is -2.32. The summed E-state index contributed by atoms with van der Waals surface area (Å²) in [4.78, 5) is 28.4. The minimum Gasteiger partial charge on any atom is -0.370 e. The largest absolute Gasteiger partial charge is 0.370 e. The van der Waals surface area contributed by atoms with Gasteiger partial charge in [-0.3, -0.25) is 15.0 Å². The minimum absolute atomic E-state index is 0.0425. The second-order valence-electron chi connectivity index (χ2n) is 7.80. The molecule has 3 atom stereocenters. The Balaban J connectivity index is 1.54. The Morgan fingerprint density at radius 2 is 2.07 bits per heavy atom. The van der Waals surface area contributed by atoms with E-state index in [1.807, 2.05) is 19.2 Å². The van der Waals surface area contributed by atoms with E-state index in [1.165, 1.54) is 19.3 Å². The van der Waals surface area contributed by atoms with E-state index in [1.54, 1.807) is 4.90 Å². The lowest BCUT2D eigenvalue weighted by molar-refractivity contribution is -0.120. The molecule has 0 spiro atoms. The van der Waals surface area contributed by atoms with Crippen LogP contribution in [-0.4, -0.2) is 54.8 Å². The summed E-state index contributed by atoms with van der Waals surface area (Å²) in [6, 6.07) is 6.67. The van der Waals surface area contributed by atoms with Gasteiger partial charge in [0.1, 0.15) is 5.84 Å². The summed E-state index contributed by atoms with van der Waals surface area (Å²) in [5.41, 5.74) is 2.85. The number of likely N-dealkylation sites (N-methyl/N-ethyl adjacent to an activating group) is 2. The van der Waals surface area contributed by atoms with Crippen LogP contribution in [0.3, 0.4) is 0 Å². The predicted molar refractivity (Wildman–Crippen MR) is 104 cm³/mol. The molecule has 7 heteroatoms. The Kier molecular flexibility index (Phi) is 4.63. The third-order valence-electron chi connectivity index (χ3n) is 6.30. The highest BCUT2D eigenvalue weighted by Crippen LogP contribution is 2.33. The van der Waals surface area contributed by atoms with E-state index in [4.69, 9.17) is 5.41 Å². The first kappa shape index (κ1) is 18.0. The summed E-state index contributed by atoms with van der Waals surface area (Å²) >= 11 is 0. The summed E-state index contributed by atoms with van der Waals surface area (Å²) < 4.78 is 0. The summed E-state index contributed by atoms with van der Waals surface area (Å²) in [6.07, 6.45) is 4.46. The molecule has 144 valence electrons. The van der Waals surface area contributed by atoms with Crippen molar-refractivity contribution < 1.29 is 9.59 Å². The molecule has 0 aromatic heterocycles. The summed E-state index contributed by atoms with van der Waals surface area (Å²) in [5.74, 6) is -0.0494. The maximum atomic E-state index is 12.9. The van der Waals surface area contributed by atoms with Gasteiger partial charge in [0.15, 0.2) is 0 Å². The first-order valence-electron chi connectivity index (χ1n) is 9.72. The molecular weight excluding hydrogens is 342 g/mol. The van der Waals surface area contributed by atoms with Crippen LogP contribution < -0.4 is 15.5 Å². The lowest BCUT2D eigenvalue weighted by Crippen LogP contribution is -2.52. The molecular formula is C20H27N5O2. The molecule has 1 aromatic carbocycles. The van der Waals surface area contributed by atoms with Crippen LogP contribution in [0.25, 0.3) is 0 Å².